The van der Waals surface area contributed by atoms with Gasteiger partial charge in [-0.15, -0.1) is 11.3 Å². The van der Waals surface area contributed by atoms with Gasteiger partial charge in [0.2, 0.25) is 0 Å². The zero-order valence-corrected chi connectivity index (χ0v) is 26.0. The summed E-state index contributed by atoms with van der Waals surface area (Å²) < 4.78 is 1.42. The lowest BCUT2D eigenvalue weighted by atomic mass is 9.79. The van der Waals surface area contributed by atoms with Crippen molar-refractivity contribution in [3.8, 4) is 32.7 Å². The quantitative estimate of drug-likeness (QED) is 0.185. The van der Waals surface area contributed by atoms with E-state index in [9.17, 15) is 0 Å². The number of aryl methyl sites for hydroxylation is 4. The van der Waals surface area contributed by atoms with Gasteiger partial charge in [0.1, 0.15) is 0 Å². The van der Waals surface area contributed by atoms with Crippen LogP contribution in [0.1, 0.15) is 47.2 Å². The predicted octanol–water partition coefficient (Wildman–Crippen LogP) is 12.1. The van der Waals surface area contributed by atoms with Gasteiger partial charge < -0.3 is 0 Å². The Morgan fingerprint density at radius 3 is 1.69 bits per heavy atom. The molecule has 42 heavy (non-hydrogen) atoms. The molecular weight excluding hydrogens is 525 g/mol. The van der Waals surface area contributed by atoms with E-state index in [1.165, 1.54) is 97.7 Å². The Morgan fingerprint density at radius 2 is 1.10 bits per heavy atom. The summed E-state index contributed by atoms with van der Waals surface area (Å²) in [6.07, 6.45) is 0. The van der Waals surface area contributed by atoms with Crippen molar-refractivity contribution in [3.05, 3.63) is 130 Å². The first kappa shape index (κ1) is 25.5. The maximum absolute atomic E-state index is 2.50. The smallest absolute Gasteiger partial charge is 0.0399 e. The van der Waals surface area contributed by atoms with Crippen molar-refractivity contribution < 1.29 is 0 Å². The Morgan fingerprint density at radius 1 is 0.548 bits per heavy atom. The van der Waals surface area contributed by atoms with Crippen molar-refractivity contribution in [1.82, 2.24) is 0 Å². The second-order valence-corrected chi connectivity index (χ2v) is 13.9. The SMILES string of the molecule is Cc1cc(C)cc(-c2c3ccccc3c(-c3ccc4c(c3)C(C)(C)c3c-4sc4cc(C)cc(C)c34)c3ccccc23)c1. The molecule has 1 aliphatic rings. The lowest BCUT2D eigenvalue weighted by molar-refractivity contribution is 0.667. The Hall–Kier alpha value is -4.20. The normalized spacial score (nSPS) is 13.7. The van der Waals surface area contributed by atoms with E-state index < -0.39 is 0 Å². The van der Waals surface area contributed by atoms with Crippen molar-refractivity contribution in [2.24, 2.45) is 0 Å². The fourth-order valence-electron chi connectivity index (χ4n) is 7.81. The summed E-state index contributed by atoms with van der Waals surface area (Å²) >= 11 is 1.97. The van der Waals surface area contributed by atoms with Crippen molar-refractivity contribution >= 4 is 43.0 Å². The van der Waals surface area contributed by atoms with Gasteiger partial charge in [0, 0.05) is 20.4 Å². The predicted molar refractivity (Wildman–Crippen MR) is 184 cm³/mol. The highest BCUT2D eigenvalue weighted by Gasteiger charge is 2.39. The van der Waals surface area contributed by atoms with Crippen LogP contribution >= 0.6 is 11.3 Å². The standard InChI is InChI=1S/C41H34S/c1-23-17-24(2)20-28(19-23)38-31-13-9-7-11-29(31)37(30-12-8-10-14-32(30)38)27-15-16-33-34(22-27)41(5,6)39-36-26(4)18-25(3)21-35(36)42-40(33)39/h7-22H,1-6H3. The van der Waals surface area contributed by atoms with Gasteiger partial charge in [0.25, 0.3) is 0 Å². The molecule has 0 nitrogen and oxygen atoms in total. The highest BCUT2D eigenvalue weighted by molar-refractivity contribution is 7.22. The lowest BCUT2D eigenvalue weighted by Crippen LogP contribution is -2.15. The third kappa shape index (κ3) is 3.53. The maximum atomic E-state index is 2.50. The van der Waals surface area contributed by atoms with Crippen LogP contribution in [0.5, 0.6) is 0 Å². The van der Waals surface area contributed by atoms with Crippen molar-refractivity contribution in [1.29, 1.82) is 0 Å². The van der Waals surface area contributed by atoms with Crippen LogP contribution in [0.25, 0.3) is 64.3 Å². The van der Waals surface area contributed by atoms with Gasteiger partial charge in [-0.25, -0.2) is 0 Å². The van der Waals surface area contributed by atoms with Crippen molar-refractivity contribution in [2.45, 2.75) is 47.0 Å². The maximum Gasteiger partial charge on any atom is 0.0399 e. The van der Waals surface area contributed by atoms with E-state index in [4.69, 9.17) is 0 Å². The molecule has 8 rings (SSSR count). The topological polar surface area (TPSA) is 0 Å². The summed E-state index contributed by atoms with van der Waals surface area (Å²) in [6.45, 7) is 13.7. The van der Waals surface area contributed by atoms with Gasteiger partial charge in [0.05, 0.1) is 0 Å². The minimum absolute atomic E-state index is 0.0659. The molecule has 0 radical (unpaired) electrons. The number of hydrogen-bond acceptors (Lipinski definition) is 1. The lowest BCUT2D eigenvalue weighted by Gasteiger charge is -2.24. The zero-order valence-electron chi connectivity index (χ0n) is 25.1. The molecule has 0 N–H and O–H groups in total. The third-order valence-electron chi connectivity index (χ3n) is 9.43. The monoisotopic (exact) mass is 558 g/mol. The third-order valence-corrected chi connectivity index (χ3v) is 10.6. The first-order chi connectivity index (χ1) is 20.2. The van der Waals surface area contributed by atoms with E-state index in [0.717, 1.165) is 0 Å². The van der Waals surface area contributed by atoms with Gasteiger partial charge in [-0.3, -0.25) is 0 Å². The summed E-state index contributed by atoms with van der Waals surface area (Å²) in [5, 5.41) is 6.71. The summed E-state index contributed by atoms with van der Waals surface area (Å²) in [6, 6.07) is 36.9. The largest absolute Gasteiger partial charge is 0.135 e. The fraction of sp³-hybridized carbons (Fsp3) is 0.171. The van der Waals surface area contributed by atoms with Gasteiger partial charge >= 0.3 is 0 Å². The van der Waals surface area contributed by atoms with Gasteiger partial charge in [-0.1, -0.05) is 110 Å². The van der Waals surface area contributed by atoms with Gasteiger partial charge in [-0.2, -0.15) is 0 Å². The van der Waals surface area contributed by atoms with Crippen LogP contribution in [0.3, 0.4) is 0 Å². The molecule has 0 amide bonds. The molecular formula is C41H34S. The molecule has 1 aromatic heterocycles. The molecule has 0 aliphatic heterocycles. The molecule has 6 aromatic carbocycles. The molecule has 0 fully saturated rings. The van der Waals surface area contributed by atoms with Gasteiger partial charge in [-0.05, 0) is 111 Å². The fourth-order valence-corrected chi connectivity index (χ4v) is 9.39. The number of rotatable bonds is 2. The van der Waals surface area contributed by atoms with E-state index in [2.05, 4.69) is 139 Å². The van der Waals surface area contributed by atoms with E-state index >= 15 is 0 Å². The first-order valence-electron chi connectivity index (χ1n) is 14.9. The summed E-state index contributed by atoms with van der Waals surface area (Å²) in [5.74, 6) is 0. The number of benzene rings is 6. The van der Waals surface area contributed by atoms with Crippen LogP contribution in [-0.2, 0) is 5.41 Å². The molecule has 0 atom stereocenters. The van der Waals surface area contributed by atoms with E-state index in [1.807, 2.05) is 11.3 Å². The molecule has 1 aliphatic carbocycles. The summed E-state index contributed by atoms with van der Waals surface area (Å²) in [7, 11) is 0. The Labute approximate surface area is 252 Å². The average Bonchev–Trinajstić information content (AvgIpc) is 3.44. The van der Waals surface area contributed by atoms with Crippen LogP contribution in [0, 0.1) is 27.7 Å². The second-order valence-electron chi connectivity index (χ2n) is 12.9. The molecule has 0 unspecified atom stereocenters. The van der Waals surface area contributed by atoms with Crippen LogP contribution < -0.4 is 0 Å². The van der Waals surface area contributed by atoms with Crippen molar-refractivity contribution in [3.63, 3.8) is 0 Å². The van der Waals surface area contributed by atoms with Crippen LogP contribution in [0.2, 0.25) is 0 Å². The Kier molecular flexibility index (Phi) is 5.40. The van der Waals surface area contributed by atoms with Crippen LogP contribution in [0.15, 0.2) is 97.1 Å². The van der Waals surface area contributed by atoms with Crippen LogP contribution in [-0.4, -0.2) is 0 Å². The molecule has 204 valence electrons. The molecule has 0 bridgehead atoms. The van der Waals surface area contributed by atoms with E-state index in [1.54, 1.807) is 0 Å². The second kappa shape index (κ2) is 8.90. The number of thiophene rings is 1. The molecule has 1 heterocycles. The summed E-state index contributed by atoms with van der Waals surface area (Å²) in [4.78, 5) is 1.45. The Balaban J connectivity index is 1.42. The highest BCUT2D eigenvalue weighted by Crippen LogP contribution is 2.57. The average molecular weight is 559 g/mol. The van der Waals surface area contributed by atoms with E-state index in [-0.39, 0.29) is 5.41 Å². The van der Waals surface area contributed by atoms with Crippen LogP contribution in [0.4, 0.5) is 0 Å². The number of hydrogen-bond donors (Lipinski definition) is 0. The minimum atomic E-state index is -0.0659. The minimum Gasteiger partial charge on any atom is -0.135 e. The molecule has 0 saturated carbocycles. The zero-order chi connectivity index (χ0) is 28.9. The number of fused-ring (bicyclic) bond motifs is 7. The Bertz CT molecular complexity index is 2180. The molecule has 1 heteroatoms. The highest BCUT2D eigenvalue weighted by atomic mass is 32.1. The van der Waals surface area contributed by atoms with Crippen molar-refractivity contribution in [2.75, 3.05) is 0 Å². The molecule has 0 spiro atoms. The first-order valence-corrected chi connectivity index (χ1v) is 15.8. The molecule has 0 saturated heterocycles. The summed E-state index contributed by atoms with van der Waals surface area (Å²) in [5.41, 5.74) is 14.9. The van der Waals surface area contributed by atoms with Gasteiger partial charge in [0.15, 0.2) is 0 Å². The van der Waals surface area contributed by atoms with E-state index in [0.29, 0.717) is 0 Å². The molecule has 7 aromatic rings.